The van der Waals surface area contributed by atoms with Gasteiger partial charge < -0.3 is 60.6 Å². The number of nitrogens with one attached hydrogen (secondary N) is 4. The highest BCUT2D eigenvalue weighted by atomic mass is 32.2. The maximum Gasteiger partial charge on any atom is 0.303 e. The first-order chi connectivity index (χ1) is 40.5. The summed E-state index contributed by atoms with van der Waals surface area (Å²) in [5.41, 5.74) is 7.24. The molecule has 0 saturated heterocycles. The number of unbranched alkanes of at least 4 members (excludes halogenated alkanes) is 3. The van der Waals surface area contributed by atoms with Crippen LogP contribution in [0.5, 0.6) is 17.4 Å². The van der Waals surface area contributed by atoms with Crippen molar-refractivity contribution in [2.75, 3.05) is 44.9 Å². The number of anilines is 1. The van der Waals surface area contributed by atoms with Crippen LogP contribution in [-0.4, -0.2) is 159 Å². The van der Waals surface area contributed by atoms with Crippen LogP contribution in [0, 0.1) is 0 Å². The Bertz CT molecular complexity index is 3090. The molecule has 2 amide bonds. The number of hydrogen-bond donors (Lipinski definition) is 12. The molecule has 0 radical (unpaired) electrons. The molecule has 2 heterocycles. The van der Waals surface area contributed by atoms with Gasteiger partial charge >= 0.3 is 5.97 Å². The summed E-state index contributed by atoms with van der Waals surface area (Å²) in [4.78, 5) is 46.5. The molecule has 2 aromatic heterocycles. The molecule has 6 aromatic rings. The van der Waals surface area contributed by atoms with E-state index in [1.165, 1.54) is 36.5 Å². The van der Waals surface area contributed by atoms with Crippen LogP contribution in [0.25, 0.3) is 22.4 Å². The minimum atomic E-state index is -4.51. The van der Waals surface area contributed by atoms with E-state index in [2.05, 4.69) is 37.5 Å². The number of carboxylic acid groups (broad SMARTS) is 1. The number of rotatable bonds is 37. The van der Waals surface area contributed by atoms with Crippen LogP contribution in [0.3, 0.4) is 0 Å². The molecule has 0 aliphatic carbocycles. The zero-order valence-corrected chi connectivity index (χ0v) is 47.0. The number of carbonyl (C=O) groups excluding carboxylic acids is 2. The molecule has 0 aliphatic rings. The molecule has 6 unspecified atom stereocenters. The number of benzene rings is 4. The lowest BCUT2D eigenvalue weighted by atomic mass is 10.0. The first-order valence-electron chi connectivity index (χ1n) is 27.5. The lowest BCUT2D eigenvalue weighted by Gasteiger charge is -2.29. The number of aliphatic hydroxyl groups is 6. The summed E-state index contributed by atoms with van der Waals surface area (Å²) in [6.07, 6.45) is -2.79. The second-order valence-electron chi connectivity index (χ2n) is 19.5. The molecule has 0 aliphatic heterocycles. The zero-order chi connectivity index (χ0) is 60.3. The van der Waals surface area contributed by atoms with Crippen molar-refractivity contribution in [1.82, 2.24) is 25.9 Å². The van der Waals surface area contributed by atoms with Crippen LogP contribution in [0.2, 0.25) is 0 Å². The Labute approximate surface area is 487 Å². The number of carbonyl (C=O) groups is 3. The third-order valence-electron chi connectivity index (χ3n) is 13.2. The number of amides is 2. The van der Waals surface area contributed by atoms with Gasteiger partial charge in [0.05, 0.1) is 56.0 Å². The summed E-state index contributed by atoms with van der Waals surface area (Å²) in [6.45, 7) is -0.169. The molecular formula is C60H73N7O16S. The minimum absolute atomic E-state index is 0.0617. The molecule has 6 rings (SSSR count). The van der Waals surface area contributed by atoms with Gasteiger partial charge in [-0.25, -0.2) is 9.97 Å². The summed E-state index contributed by atoms with van der Waals surface area (Å²) in [5.74, 6) is -0.218. The average molecular weight is 1180 g/mol. The third kappa shape index (κ3) is 21.4. The quantitative estimate of drug-likeness (QED) is 0.00824. The SMILES string of the molecule is O=C(O)CCc1c(OCCCCCOc2cc(-c3ccccc3)cc(-c3ccccc3)n2)cccc1OCCCC(=O)NCCCCC(NC(=O)c1ccc(NN=Cc2ccccc2S(=O)(=O)O)nc1)C(O)NCC(O)C(O)C(O)C(O)CO. The van der Waals surface area contributed by atoms with Gasteiger partial charge in [-0.2, -0.15) is 13.5 Å². The highest BCUT2D eigenvalue weighted by molar-refractivity contribution is 7.86. The molecule has 23 nitrogen and oxygen atoms in total. The monoisotopic (exact) mass is 1180 g/mol. The van der Waals surface area contributed by atoms with E-state index in [1.807, 2.05) is 66.7 Å². The standard InChI is InChI=1S/C60H73N7O16S/c68-39-49(70)58(75)57(74)48(69)38-63-60(77)46(66-59(76)43-26-28-53(62-36-43)67-64-37-42-20-8-9-24-52(42)84(78,79)80)21-10-11-30-61-54(71)25-15-33-82-51-23-14-22-50(45(51)27-29-56(72)73)81-31-12-3-13-32-83-55-35-44(40-16-4-1-5-17-40)34-47(65-55)41-18-6-2-7-19-41/h1-2,4-9,14,16-20,22-24,26,28,34-37,46,48-49,57-58,60,63,68-70,74-75,77H,3,10-13,15,21,25,27,29-33,38-39H2,(H,61,71)(H,62,67)(H,66,76)(H,72,73)(H,78,79,80). The lowest BCUT2D eigenvalue weighted by Crippen LogP contribution is -2.54. The molecule has 0 fully saturated rings. The van der Waals surface area contributed by atoms with E-state index >= 15 is 0 Å². The number of pyridine rings is 2. The number of aliphatic carboxylic acids is 1. The Balaban J connectivity index is 0.940. The first kappa shape index (κ1) is 65.2. The fraction of sp³-hybridized carbons (Fsp3) is 0.367. The normalized spacial score (nSPS) is 13.7. The Morgan fingerprint density at radius 3 is 2.00 bits per heavy atom. The van der Waals surface area contributed by atoms with Crippen LogP contribution in [-0.2, 0) is 26.1 Å². The van der Waals surface area contributed by atoms with E-state index in [4.69, 9.17) is 24.3 Å². The Morgan fingerprint density at radius 2 is 1.33 bits per heavy atom. The average Bonchev–Trinajstić information content (AvgIpc) is 3.71. The van der Waals surface area contributed by atoms with Gasteiger partial charge in [-0.05, 0) is 98.9 Å². The smallest absolute Gasteiger partial charge is 0.303 e. The highest BCUT2D eigenvalue weighted by Gasteiger charge is 2.31. The van der Waals surface area contributed by atoms with Crippen molar-refractivity contribution in [2.45, 2.75) is 106 Å². The predicted molar refractivity (Wildman–Crippen MR) is 312 cm³/mol. The van der Waals surface area contributed by atoms with Crippen LogP contribution in [0.1, 0.15) is 79.3 Å². The van der Waals surface area contributed by atoms with Gasteiger partial charge in [-0.15, -0.1) is 0 Å². The predicted octanol–water partition coefficient (Wildman–Crippen LogP) is 4.74. The molecule has 84 heavy (non-hydrogen) atoms. The molecule has 0 bridgehead atoms. The minimum Gasteiger partial charge on any atom is -0.493 e. The number of aliphatic hydroxyl groups excluding tert-OH is 6. The van der Waals surface area contributed by atoms with Crippen LogP contribution in [0.4, 0.5) is 5.82 Å². The fourth-order valence-corrected chi connectivity index (χ4v) is 9.27. The third-order valence-corrected chi connectivity index (χ3v) is 14.1. The Morgan fingerprint density at radius 1 is 0.679 bits per heavy atom. The van der Waals surface area contributed by atoms with Gasteiger partial charge in [-0.1, -0.05) is 84.9 Å². The maximum atomic E-state index is 13.4. The van der Waals surface area contributed by atoms with E-state index in [1.54, 1.807) is 24.3 Å². The second-order valence-corrected chi connectivity index (χ2v) is 20.9. The summed E-state index contributed by atoms with van der Waals surface area (Å²) >= 11 is 0. The topological polar surface area (TPSA) is 361 Å². The summed E-state index contributed by atoms with van der Waals surface area (Å²) in [6, 6.07) is 36.7. The summed E-state index contributed by atoms with van der Waals surface area (Å²) < 4.78 is 51.3. The second kappa shape index (κ2) is 34.0. The molecule has 12 N–H and O–H groups in total. The maximum absolute atomic E-state index is 13.4. The molecule has 4 aromatic carbocycles. The van der Waals surface area contributed by atoms with Crippen molar-refractivity contribution < 1.29 is 77.3 Å². The lowest BCUT2D eigenvalue weighted by molar-refractivity contribution is -0.137. The summed E-state index contributed by atoms with van der Waals surface area (Å²) in [5, 5.41) is 82.4. The van der Waals surface area contributed by atoms with Gasteiger partial charge in [-0.3, -0.25) is 29.7 Å². The number of hydrogen-bond acceptors (Lipinski definition) is 19. The molecule has 6 atom stereocenters. The Kier molecular flexibility index (Phi) is 26.4. The molecule has 24 heteroatoms. The molecule has 0 spiro atoms. The zero-order valence-electron chi connectivity index (χ0n) is 46.2. The summed E-state index contributed by atoms with van der Waals surface area (Å²) in [7, 11) is -4.51. The number of carboxylic acids is 1. The number of ether oxygens (including phenoxy) is 3. The van der Waals surface area contributed by atoms with Crippen molar-refractivity contribution in [3.63, 3.8) is 0 Å². The Hall–Kier alpha value is -7.91. The molecule has 450 valence electrons. The molecule has 0 saturated carbocycles. The number of nitrogens with zero attached hydrogens (tertiary/aromatic N) is 3. The van der Waals surface area contributed by atoms with E-state index in [0.717, 1.165) is 41.4 Å². The van der Waals surface area contributed by atoms with Crippen molar-refractivity contribution in [2.24, 2.45) is 5.10 Å². The van der Waals surface area contributed by atoms with E-state index in [9.17, 15) is 58.0 Å². The van der Waals surface area contributed by atoms with Gasteiger partial charge in [0, 0.05) is 54.9 Å². The van der Waals surface area contributed by atoms with Crippen molar-refractivity contribution in [3.8, 4) is 39.8 Å². The molecular weight excluding hydrogens is 1110 g/mol. The van der Waals surface area contributed by atoms with E-state index < -0.39 is 71.8 Å². The highest BCUT2D eigenvalue weighted by Crippen LogP contribution is 2.32. The first-order valence-corrected chi connectivity index (χ1v) is 28.9. The van der Waals surface area contributed by atoms with Gasteiger partial charge in [0.2, 0.25) is 11.8 Å². The largest absolute Gasteiger partial charge is 0.493 e. The van der Waals surface area contributed by atoms with Crippen molar-refractivity contribution in [1.29, 1.82) is 0 Å². The van der Waals surface area contributed by atoms with E-state index in [0.29, 0.717) is 61.8 Å². The van der Waals surface area contributed by atoms with E-state index in [-0.39, 0.29) is 66.6 Å². The van der Waals surface area contributed by atoms with Gasteiger partial charge in [0.15, 0.2) is 0 Å². The van der Waals surface area contributed by atoms with Crippen LogP contribution in [0.15, 0.2) is 144 Å². The van der Waals surface area contributed by atoms with Crippen LogP contribution < -0.4 is 35.6 Å². The van der Waals surface area contributed by atoms with Gasteiger partial charge in [0.1, 0.15) is 46.8 Å². The number of aromatic nitrogens is 2. The fourth-order valence-electron chi connectivity index (χ4n) is 8.60. The van der Waals surface area contributed by atoms with Crippen molar-refractivity contribution >= 4 is 39.9 Å². The van der Waals surface area contributed by atoms with Gasteiger partial charge in [0.25, 0.3) is 16.0 Å². The van der Waals surface area contributed by atoms with Crippen LogP contribution >= 0.6 is 0 Å². The van der Waals surface area contributed by atoms with Crippen molar-refractivity contribution in [3.05, 3.63) is 150 Å². The number of hydrazone groups is 1.